The van der Waals surface area contributed by atoms with E-state index in [0.717, 1.165) is 7.11 Å². The fourth-order valence-corrected chi connectivity index (χ4v) is 7.59. The summed E-state index contributed by atoms with van der Waals surface area (Å²) in [4.78, 5) is 40.5. The van der Waals surface area contributed by atoms with Gasteiger partial charge in [-0.15, -0.1) is 0 Å². The molecule has 9 atom stereocenters. The van der Waals surface area contributed by atoms with Gasteiger partial charge in [0.25, 0.3) is 0 Å². The summed E-state index contributed by atoms with van der Waals surface area (Å²) in [6.07, 6.45) is -8.67. The lowest BCUT2D eigenvalue weighted by molar-refractivity contribution is -0.344. The molecule has 1 aromatic carbocycles. The molecule has 11 heteroatoms. The Morgan fingerprint density at radius 1 is 1.07 bits per heavy atom. The van der Waals surface area contributed by atoms with E-state index < -0.39 is 76.4 Å². The van der Waals surface area contributed by atoms with Crippen molar-refractivity contribution in [3.63, 3.8) is 0 Å². The Labute approximate surface area is 231 Å². The number of aliphatic hydroxyl groups excluding tert-OH is 3. The van der Waals surface area contributed by atoms with Crippen LogP contribution >= 0.6 is 0 Å². The quantitative estimate of drug-likeness (QED) is 0.311. The second kappa shape index (κ2) is 9.35. The molecule has 0 aromatic heterocycles. The number of ketones is 1. The zero-order valence-corrected chi connectivity index (χ0v) is 23.1. The monoisotopic (exact) mass is 560 g/mol. The largest absolute Gasteiger partial charge is 0.508 e. The van der Waals surface area contributed by atoms with Crippen molar-refractivity contribution in [2.75, 3.05) is 13.7 Å². The predicted molar refractivity (Wildman–Crippen MR) is 137 cm³/mol. The molecule has 0 radical (unpaired) electrons. The van der Waals surface area contributed by atoms with E-state index in [2.05, 4.69) is 0 Å². The van der Waals surface area contributed by atoms with Gasteiger partial charge in [-0.2, -0.15) is 0 Å². The van der Waals surface area contributed by atoms with Crippen LogP contribution < -0.4 is 0 Å². The molecular weight excluding hydrogens is 524 g/mol. The van der Waals surface area contributed by atoms with Crippen molar-refractivity contribution in [3.05, 3.63) is 47.0 Å². The van der Waals surface area contributed by atoms with Gasteiger partial charge in [0.05, 0.1) is 42.8 Å². The van der Waals surface area contributed by atoms with Crippen LogP contribution in [0.1, 0.15) is 50.9 Å². The Bertz CT molecular complexity index is 1260. The van der Waals surface area contributed by atoms with Crippen molar-refractivity contribution in [2.45, 2.75) is 82.3 Å². The molecule has 218 valence electrons. The number of methoxy groups -OCH3 is 1. The Morgan fingerprint density at radius 3 is 2.30 bits per heavy atom. The van der Waals surface area contributed by atoms with E-state index in [1.54, 1.807) is 39.0 Å². The summed E-state index contributed by atoms with van der Waals surface area (Å²) in [5.74, 6) is -3.06. The summed E-state index contributed by atoms with van der Waals surface area (Å²) in [6.45, 7) is 5.94. The normalized spacial score (nSPS) is 41.9. The molecule has 0 amide bonds. The van der Waals surface area contributed by atoms with Gasteiger partial charge in [-0.05, 0) is 37.1 Å². The third-order valence-electron chi connectivity index (χ3n) is 10.1. The number of carbonyl (C=O) groups is 3. The van der Waals surface area contributed by atoms with Gasteiger partial charge in [0.2, 0.25) is 0 Å². The van der Waals surface area contributed by atoms with Gasteiger partial charge in [-0.1, -0.05) is 32.0 Å². The van der Waals surface area contributed by atoms with Crippen molar-refractivity contribution in [1.82, 2.24) is 0 Å². The first-order chi connectivity index (χ1) is 18.7. The lowest BCUT2D eigenvalue weighted by atomic mass is 9.44. The number of rotatable bonds is 3. The van der Waals surface area contributed by atoms with Gasteiger partial charge in [-0.3, -0.25) is 4.79 Å². The highest BCUT2D eigenvalue weighted by Crippen LogP contribution is 2.63. The Balaban J connectivity index is 1.81. The van der Waals surface area contributed by atoms with Crippen LogP contribution in [0.15, 0.2) is 41.5 Å². The molecule has 2 bridgehead atoms. The van der Waals surface area contributed by atoms with E-state index in [9.17, 15) is 34.8 Å². The minimum absolute atomic E-state index is 0.0845. The molecule has 1 aromatic rings. The van der Waals surface area contributed by atoms with Crippen LogP contribution in [0.25, 0.3) is 0 Å². The van der Waals surface area contributed by atoms with Crippen LogP contribution in [0.5, 0.6) is 0 Å². The SMILES string of the molecule is COC(=O)O[C@@]12COC1CC(O)[C@]1(C)C(=O)C(O)C3=C(C)[C@@H](O)CC(O)([C@@H](OC(=O)c4ccccc4)C21)C3(C)C. The Kier molecular flexibility index (Phi) is 6.71. The number of hydrogen-bond acceptors (Lipinski definition) is 11. The maximum atomic E-state index is 14.3. The summed E-state index contributed by atoms with van der Waals surface area (Å²) >= 11 is 0. The first-order valence-electron chi connectivity index (χ1n) is 13.3. The Hall–Kier alpha value is -2.83. The van der Waals surface area contributed by atoms with Crippen molar-refractivity contribution >= 4 is 17.9 Å². The maximum absolute atomic E-state index is 14.3. The molecule has 5 rings (SSSR count). The number of ether oxygens (including phenoxy) is 4. The second-order valence-corrected chi connectivity index (χ2v) is 12.1. The van der Waals surface area contributed by atoms with E-state index in [4.69, 9.17) is 18.9 Å². The molecule has 5 unspecified atom stereocenters. The first-order valence-corrected chi connectivity index (χ1v) is 13.3. The molecule has 0 spiro atoms. The summed E-state index contributed by atoms with van der Waals surface area (Å²) in [5, 5.41) is 46.8. The van der Waals surface area contributed by atoms with E-state index >= 15 is 0 Å². The number of benzene rings is 1. The number of carbonyl (C=O) groups excluding carboxylic acids is 3. The number of hydrogen-bond donors (Lipinski definition) is 4. The number of esters is 1. The Morgan fingerprint density at radius 2 is 1.73 bits per heavy atom. The van der Waals surface area contributed by atoms with E-state index in [1.807, 2.05) is 0 Å². The molecule has 11 nitrogen and oxygen atoms in total. The van der Waals surface area contributed by atoms with Gasteiger partial charge in [0.15, 0.2) is 11.4 Å². The topological polar surface area (TPSA) is 169 Å². The van der Waals surface area contributed by atoms with Gasteiger partial charge >= 0.3 is 12.1 Å². The third-order valence-corrected chi connectivity index (χ3v) is 10.1. The number of fused-ring (bicyclic) bond motifs is 5. The minimum Gasteiger partial charge on any atom is -0.455 e. The fourth-order valence-electron chi connectivity index (χ4n) is 7.59. The molecule has 1 heterocycles. The zero-order valence-electron chi connectivity index (χ0n) is 23.1. The average Bonchev–Trinajstić information content (AvgIpc) is 2.91. The third kappa shape index (κ3) is 3.64. The van der Waals surface area contributed by atoms with Crippen LogP contribution in [0, 0.1) is 16.7 Å². The van der Waals surface area contributed by atoms with Crippen molar-refractivity contribution in [2.24, 2.45) is 16.7 Å². The van der Waals surface area contributed by atoms with Crippen LogP contribution in [0.2, 0.25) is 0 Å². The summed E-state index contributed by atoms with van der Waals surface area (Å²) in [5.41, 5.74) is -6.56. The van der Waals surface area contributed by atoms with Gasteiger partial charge < -0.3 is 39.4 Å². The average molecular weight is 561 g/mol. The molecule has 3 fully saturated rings. The molecule has 4 N–H and O–H groups in total. The lowest BCUT2D eigenvalue weighted by Gasteiger charge is -2.67. The molecule has 4 aliphatic rings. The fraction of sp³-hybridized carbons (Fsp3) is 0.621. The van der Waals surface area contributed by atoms with Crippen LogP contribution in [0.3, 0.4) is 0 Å². The van der Waals surface area contributed by atoms with Crippen LogP contribution in [-0.2, 0) is 23.7 Å². The summed E-state index contributed by atoms with van der Waals surface area (Å²) in [7, 11) is 1.11. The van der Waals surface area contributed by atoms with Gasteiger partial charge in [0.1, 0.15) is 23.9 Å². The minimum atomic E-state index is -2.11. The summed E-state index contributed by atoms with van der Waals surface area (Å²) < 4.78 is 22.4. The second-order valence-electron chi connectivity index (χ2n) is 12.1. The standard InChI is InChI=1S/C29H36O11/c1-14-16(30)12-29(36)23(39-24(34)15-9-7-6-8-10-15)21-27(4,22(33)20(32)19(14)26(29,2)3)17(31)11-18-28(21,13-38-18)40-25(35)37-5/h6-10,16-18,20-21,23,30-32,36H,11-13H2,1-5H3/t16-,17?,18?,20?,21?,23-,27-,28-,29?/m0/s1. The van der Waals surface area contributed by atoms with Gasteiger partial charge in [0, 0.05) is 18.3 Å². The molecular formula is C29H36O11. The molecule has 3 aliphatic carbocycles. The highest BCUT2D eigenvalue weighted by atomic mass is 16.8. The molecule has 1 saturated heterocycles. The van der Waals surface area contributed by atoms with Crippen LogP contribution in [-0.4, -0.2) is 93.8 Å². The van der Waals surface area contributed by atoms with E-state index in [0.29, 0.717) is 5.57 Å². The molecule has 40 heavy (non-hydrogen) atoms. The van der Waals surface area contributed by atoms with Gasteiger partial charge in [-0.25, -0.2) is 9.59 Å². The highest BCUT2D eigenvalue weighted by Gasteiger charge is 2.78. The number of Topliss-reactive ketones (excluding diaryl/α,β-unsaturated/α-hetero) is 1. The van der Waals surface area contributed by atoms with Crippen LogP contribution in [0.4, 0.5) is 4.79 Å². The number of aliphatic hydroxyl groups is 4. The summed E-state index contributed by atoms with van der Waals surface area (Å²) in [6, 6.07) is 8.02. The van der Waals surface area contributed by atoms with Crippen molar-refractivity contribution < 1.29 is 53.8 Å². The van der Waals surface area contributed by atoms with E-state index in [1.165, 1.54) is 19.1 Å². The maximum Gasteiger partial charge on any atom is 0.508 e. The van der Waals surface area contributed by atoms with Crippen molar-refractivity contribution in [1.29, 1.82) is 0 Å². The first kappa shape index (κ1) is 28.7. The smallest absolute Gasteiger partial charge is 0.455 e. The highest BCUT2D eigenvalue weighted by molar-refractivity contribution is 5.94. The van der Waals surface area contributed by atoms with E-state index in [-0.39, 0.29) is 30.6 Å². The molecule has 2 saturated carbocycles. The lowest BCUT2D eigenvalue weighted by Crippen LogP contribution is -2.81. The predicted octanol–water partition coefficient (Wildman–Crippen LogP) is 1.30. The van der Waals surface area contributed by atoms with Crippen molar-refractivity contribution in [3.8, 4) is 0 Å². The zero-order chi connectivity index (χ0) is 29.4. The molecule has 1 aliphatic heterocycles.